The van der Waals surface area contributed by atoms with E-state index in [9.17, 15) is 14.3 Å². The molecule has 0 aromatic heterocycles. The Morgan fingerprint density at radius 1 is 1.12 bits per heavy atom. The van der Waals surface area contributed by atoms with Crippen molar-refractivity contribution in [3.63, 3.8) is 0 Å². The molecule has 2 N–H and O–H groups in total. The van der Waals surface area contributed by atoms with Gasteiger partial charge in [-0.25, -0.2) is 9.18 Å². The number of ether oxygens (including phenoxy) is 2. The fourth-order valence-electron chi connectivity index (χ4n) is 3.79. The topological polar surface area (TPSA) is 79.2 Å². The van der Waals surface area contributed by atoms with Crippen molar-refractivity contribution in [3.8, 4) is 11.5 Å². The fourth-order valence-corrected chi connectivity index (χ4v) is 3.79. The van der Waals surface area contributed by atoms with E-state index in [1.54, 1.807) is 12.1 Å². The van der Waals surface area contributed by atoms with Crippen LogP contribution in [0.2, 0.25) is 0 Å². The van der Waals surface area contributed by atoms with E-state index in [0.29, 0.717) is 44.0 Å². The molecule has 0 saturated carbocycles. The maximum absolute atomic E-state index is 13.1. The molecule has 174 valence electrons. The smallest absolute Gasteiger partial charge is 0.341 e. The molecule has 1 aliphatic heterocycles. The molecule has 1 fully saturated rings. The summed E-state index contributed by atoms with van der Waals surface area (Å²) in [7, 11) is 0. The van der Waals surface area contributed by atoms with Gasteiger partial charge in [-0.1, -0.05) is 32.9 Å². The first-order chi connectivity index (χ1) is 15.1. The molecule has 0 spiro atoms. The number of aliphatic hydroxyl groups excluding tert-OH is 1. The Hall–Kier alpha value is -2.64. The molecule has 2 aromatic rings. The van der Waals surface area contributed by atoms with Crippen LogP contribution < -0.4 is 9.47 Å². The predicted octanol–water partition coefficient (Wildman–Crippen LogP) is 3.99. The van der Waals surface area contributed by atoms with Gasteiger partial charge >= 0.3 is 5.97 Å². The Morgan fingerprint density at radius 3 is 2.47 bits per heavy atom. The highest BCUT2D eigenvalue weighted by atomic mass is 19.1. The molecule has 0 bridgehead atoms. The Morgan fingerprint density at radius 2 is 1.81 bits per heavy atom. The number of hydrogen-bond acceptors (Lipinski definition) is 5. The highest BCUT2D eigenvalue weighted by molar-refractivity contribution is 5.68. The van der Waals surface area contributed by atoms with Crippen LogP contribution in [-0.4, -0.2) is 53.0 Å². The number of carbonyl (C=O) groups is 1. The summed E-state index contributed by atoms with van der Waals surface area (Å²) < 4.78 is 24.6. The van der Waals surface area contributed by atoms with E-state index in [1.807, 2.05) is 12.1 Å². The average molecular weight is 446 g/mol. The molecule has 1 aliphatic rings. The summed E-state index contributed by atoms with van der Waals surface area (Å²) in [6, 6.07) is 11.7. The van der Waals surface area contributed by atoms with Crippen molar-refractivity contribution in [2.24, 2.45) is 0 Å². The lowest BCUT2D eigenvalue weighted by Gasteiger charge is -2.25. The Balaban J connectivity index is 1.71. The van der Waals surface area contributed by atoms with E-state index in [2.05, 4.69) is 31.7 Å². The number of hydrogen-bond donors (Lipinski definition) is 2. The number of likely N-dealkylation sites (tertiary alicyclic amines) is 1. The third kappa shape index (κ3) is 6.68. The lowest BCUT2D eigenvalue weighted by atomic mass is 9.86. The van der Waals surface area contributed by atoms with Gasteiger partial charge in [0.15, 0.2) is 6.61 Å². The molecule has 0 radical (unpaired) electrons. The summed E-state index contributed by atoms with van der Waals surface area (Å²) in [6.07, 6.45) is 0.140. The van der Waals surface area contributed by atoms with Gasteiger partial charge in [-0.05, 0) is 54.2 Å². The van der Waals surface area contributed by atoms with Crippen molar-refractivity contribution in [3.05, 3.63) is 59.4 Å². The van der Waals surface area contributed by atoms with Crippen LogP contribution in [-0.2, 0) is 16.8 Å². The van der Waals surface area contributed by atoms with Gasteiger partial charge in [-0.3, -0.25) is 4.90 Å². The number of halogens is 1. The molecular formula is C25H32FNO5. The van der Waals surface area contributed by atoms with Gasteiger partial charge in [0.05, 0.1) is 6.10 Å². The Labute approximate surface area is 188 Å². The molecule has 0 aliphatic carbocycles. The van der Waals surface area contributed by atoms with Gasteiger partial charge in [-0.2, -0.15) is 0 Å². The highest BCUT2D eigenvalue weighted by Crippen LogP contribution is 2.30. The summed E-state index contributed by atoms with van der Waals surface area (Å²) in [5.74, 6) is -0.256. The second-order valence-corrected chi connectivity index (χ2v) is 9.29. The third-order valence-corrected chi connectivity index (χ3v) is 5.67. The van der Waals surface area contributed by atoms with Gasteiger partial charge in [0.2, 0.25) is 0 Å². The van der Waals surface area contributed by atoms with E-state index in [0.717, 1.165) is 11.1 Å². The number of aliphatic carboxylic acids is 1. The van der Waals surface area contributed by atoms with E-state index in [1.165, 1.54) is 12.1 Å². The zero-order valence-electron chi connectivity index (χ0n) is 18.9. The predicted molar refractivity (Wildman–Crippen MR) is 120 cm³/mol. The van der Waals surface area contributed by atoms with Crippen LogP contribution in [0.4, 0.5) is 4.39 Å². The van der Waals surface area contributed by atoms with Gasteiger partial charge < -0.3 is 19.7 Å². The zero-order valence-corrected chi connectivity index (χ0v) is 18.9. The number of benzene rings is 2. The van der Waals surface area contributed by atoms with E-state index in [4.69, 9.17) is 14.6 Å². The summed E-state index contributed by atoms with van der Waals surface area (Å²) in [4.78, 5) is 13.2. The van der Waals surface area contributed by atoms with Crippen molar-refractivity contribution in [2.75, 3.05) is 19.7 Å². The normalized spacial score (nSPS) is 19.9. The molecule has 0 unspecified atom stereocenters. The first kappa shape index (κ1) is 24.0. The molecule has 2 atom stereocenters. The Kier molecular flexibility index (Phi) is 7.74. The maximum Gasteiger partial charge on any atom is 0.341 e. The molecule has 1 saturated heterocycles. The summed E-state index contributed by atoms with van der Waals surface area (Å²) in [6.45, 7) is 7.93. The molecule has 1 heterocycles. The van der Waals surface area contributed by atoms with E-state index >= 15 is 0 Å². The van der Waals surface area contributed by atoms with Crippen molar-refractivity contribution in [1.82, 2.24) is 4.90 Å². The minimum atomic E-state index is -1.02. The van der Waals surface area contributed by atoms with E-state index in [-0.39, 0.29) is 17.3 Å². The molecule has 2 aromatic carbocycles. The maximum atomic E-state index is 13.1. The molecule has 7 heteroatoms. The van der Waals surface area contributed by atoms with E-state index < -0.39 is 18.7 Å². The Bertz CT molecular complexity index is 910. The second-order valence-electron chi connectivity index (χ2n) is 9.29. The first-order valence-electron chi connectivity index (χ1n) is 10.9. The SMILES string of the molecule is CC(C)(C)c1ccc(OCC(=O)O)c(CN2CC[C@H](Oc3ccc(F)cc3)[C@@H](O)CC2)c1. The zero-order chi connectivity index (χ0) is 23.3. The number of carboxylic acids is 1. The summed E-state index contributed by atoms with van der Waals surface area (Å²) in [5.41, 5.74) is 2.01. The quantitative estimate of drug-likeness (QED) is 0.671. The van der Waals surface area contributed by atoms with Crippen molar-refractivity contribution >= 4 is 5.97 Å². The molecule has 6 nitrogen and oxygen atoms in total. The van der Waals surface area contributed by atoms with Crippen LogP contribution in [0.15, 0.2) is 42.5 Å². The number of carboxylic acid groups (broad SMARTS) is 1. The van der Waals surface area contributed by atoms with Crippen molar-refractivity contribution in [1.29, 1.82) is 0 Å². The third-order valence-electron chi connectivity index (χ3n) is 5.67. The molecule has 3 rings (SSSR count). The van der Waals surface area contributed by atoms with Gasteiger partial charge in [-0.15, -0.1) is 0 Å². The van der Waals surface area contributed by atoms with Crippen LogP contribution in [0.25, 0.3) is 0 Å². The van der Waals surface area contributed by atoms with Crippen LogP contribution in [0.3, 0.4) is 0 Å². The fraction of sp³-hybridized carbons (Fsp3) is 0.480. The average Bonchev–Trinajstić information content (AvgIpc) is 2.90. The van der Waals surface area contributed by atoms with Crippen LogP contribution in [0.1, 0.15) is 44.7 Å². The largest absolute Gasteiger partial charge is 0.488 e. The lowest BCUT2D eigenvalue weighted by Crippen LogP contribution is -2.31. The first-order valence-corrected chi connectivity index (χ1v) is 10.9. The summed E-state index contributed by atoms with van der Waals surface area (Å²) in [5, 5.41) is 19.6. The highest BCUT2D eigenvalue weighted by Gasteiger charge is 2.27. The molecule has 0 amide bonds. The van der Waals surface area contributed by atoms with Gasteiger partial charge in [0.25, 0.3) is 0 Å². The monoisotopic (exact) mass is 445 g/mol. The molecular weight excluding hydrogens is 413 g/mol. The molecule has 32 heavy (non-hydrogen) atoms. The lowest BCUT2D eigenvalue weighted by molar-refractivity contribution is -0.139. The number of rotatable bonds is 7. The van der Waals surface area contributed by atoms with Crippen molar-refractivity contribution in [2.45, 2.75) is 57.8 Å². The number of aliphatic hydroxyl groups is 1. The van der Waals surface area contributed by atoms with Crippen molar-refractivity contribution < 1.29 is 28.9 Å². The summed E-state index contributed by atoms with van der Waals surface area (Å²) >= 11 is 0. The van der Waals surface area contributed by atoms with Crippen LogP contribution >= 0.6 is 0 Å². The standard InChI is InChI=1S/C25H32FNO5/c1-25(2,3)18-4-9-22(31-16-24(29)30)17(14-18)15-27-12-10-21(28)23(11-13-27)32-20-7-5-19(26)6-8-20/h4-9,14,21,23,28H,10-13,15-16H2,1-3H3,(H,29,30)/t21-,23-/m0/s1. The minimum Gasteiger partial charge on any atom is -0.488 e. The van der Waals surface area contributed by atoms with Gasteiger partial charge in [0.1, 0.15) is 23.4 Å². The van der Waals surface area contributed by atoms with Gasteiger partial charge in [0, 0.05) is 25.2 Å². The van der Waals surface area contributed by atoms with Crippen LogP contribution in [0, 0.1) is 5.82 Å². The van der Waals surface area contributed by atoms with Crippen LogP contribution in [0.5, 0.6) is 11.5 Å². The minimum absolute atomic E-state index is 0.0524. The second kappa shape index (κ2) is 10.3. The number of nitrogens with zero attached hydrogens (tertiary/aromatic N) is 1.